The fourth-order valence-electron chi connectivity index (χ4n) is 2.18. The van der Waals surface area contributed by atoms with E-state index in [1.54, 1.807) is 11.8 Å². The highest BCUT2D eigenvalue weighted by molar-refractivity contribution is 7.99. The van der Waals surface area contributed by atoms with E-state index in [1.165, 1.54) is 32.8 Å². The molecule has 0 aliphatic heterocycles. The Bertz CT molecular complexity index is 202. The van der Waals surface area contributed by atoms with Crippen LogP contribution in [0.5, 0.6) is 0 Å². The Morgan fingerprint density at radius 1 is 1.50 bits per heavy atom. The minimum Gasteiger partial charge on any atom is -0.469 e. The van der Waals surface area contributed by atoms with Gasteiger partial charge in [0.15, 0.2) is 0 Å². The molecular formula is C12H22O3S. The summed E-state index contributed by atoms with van der Waals surface area (Å²) < 4.78 is 4.55. The van der Waals surface area contributed by atoms with Crippen molar-refractivity contribution in [2.45, 2.75) is 44.6 Å². The average molecular weight is 246 g/mol. The molecule has 0 aromatic rings. The van der Waals surface area contributed by atoms with E-state index in [-0.39, 0.29) is 12.1 Å². The lowest BCUT2D eigenvalue weighted by Gasteiger charge is -2.14. The second-order valence-electron chi connectivity index (χ2n) is 4.44. The molecule has 1 aliphatic carbocycles. The highest BCUT2D eigenvalue weighted by Gasteiger charge is 2.18. The summed E-state index contributed by atoms with van der Waals surface area (Å²) in [5.74, 6) is 2.05. The summed E-state index contributed by atoms with van der Waals surface area (Å²) >= 11 is 1.64. The quantitative estimate of drug-likeness (QED) is 0.553. The molecule has 1 unspecified atom stereocenters. The summed E-state index contributed by atoms with van der Waals surface area (Å²) in [6.45, 7) is 0. The van der Waals surface area contributed by atoms with Gasteiger partial charge in [-0.25, -0.2) is 0 Å². The van der Waals surface area contributed by atoms with E-state index >= 15 is 0 Å². The molecule has 94 valence electrons. The average Bonchev–Trinajstić information content (AvgIpc) is 2.76. The molecule has 0 aromatic carbocycles. The van der Waals surface area contributed by atoms with Crippen molar-refractivity contribution < 1.29 is 14.6 Å². The number of carbonyl (C=O) groups is 1. The van der Waals surface area contributed by atoms with Gasteiger partial charge in [-0.3, -0.25) is 4.79 Å². The first-order valence-corrected chi connectivity index (χ1v) is 7.20. The zero-order valence-electron chi connectivity index (χ0n) is 9.98. The molecule has 0 amide bonds. The van der Waals surface area contributed by atoms with Crippen molar-refractivity contribution >= 4 is 17.7 Å². The van der Waals surface area contributed by atoms with Crippen molar-refractivity contribution in [2.24, 2.45) is 5.92 Å². The van der Waals surface area contributed by atoms with E-state index in [0.29, 0.717) is 6.42 Å². The Balaban J connectivity index is 1.97. The number of ether oxygens (including phenoxy) is 1. The summed E-state index contributed by atoms with van der Waals surface area (Å²) in [5.41, 5.74) is 0. The number of methoxy groups -OCH3 is 1. The van der Waals surface area contributed by atoms with Gasteiger partial charge in [0, 0.05) is 11.5 Å². The molecule has 1 N–H and O–H groups in total. The predicted octanol–water partition coefficient (Wildman–Crippen LogP) is 2.22. The Hall–Kier alpha value is -0.220. The first-order chi connectivity index (χ1) is 7.72. The van der Waals surface area contributed by atoms with Crippen molar-refractivity contribution in [1.82, 2.24) is 0 Å². The van der Waals surface area contributed by atoms with Gasteiger partial charge in [-0.05, 0) is 12.3 Å². The third-order valence-corrected chi connectivity index (χ3v) is 4.18. The van der Waals surface area contributed by atoms with Crippen molar-refractivity contribution in [3.8, 4) is 0 Å². The fraction of sp³-hybridized carbons (Fsp3) is 0.917. The van der Waals surface area contributed by atoms with Gasteiger partial charge in [0.1, 0.15) is 0 Å². The smallest absolute Gasteiger partial charge is 0.306 e. The predicted molar refractivity (Wildman–Crippen MR) is 66.5 cm³/mol. The fourth-order valence-corrected chi connectivity index (χ4v) is 3.06. The van der Waals surface area contributed by atoms with Gasteiger partial charge in [-0.15, -0.1) is 0 Å². The zero-order valence-corrected chi connectivity index (χ0v) is 10.8. The van der Waals surface area contributed by atoms with E-state index in [4.69, 9.17) is 0 Å². The number of esters is 1. The molecule has 0 radical (unpaired) electrons. The van der Waals surface area contributed by atoms with E-state index in [0.717, 1.165) is 23.8 Å². The minimum atomic E-state index is -0.203. The van der Waals surface area contributed by atoms with Crippen LogP contribution < -0.4 is 0 Å². The van der Waals surface area contributed by atoms with Crippen LogP contribution in [0.1, 0.15) is 38.5 Å². The van der Waals surface area contributed by atoms with Crippen LogP contribution >= 0.6 is 11.8 Å². The summed E-state index contributed by atoms with van der Waals surface area (Å²) in [4.78, 5) is 10.8. The van der Waals surface area contributed by atoms with Gasteiger partial charge in [-0.1, -0.05) is 25.7 Å². The lowest BCUT2D eigenvalue weighted by atomic mass is 10.0. The van der Waals surface area contributed by atoms with Crippen molar-refractivity contribution in [1.29, 1.82) is 0 Å². The van der Waals surface area contributed by atoms with Gasteiger partial charge in [0.2, 0.25) is 0 Å². The molecule has 0 spiro atoms. The number of aliphatic hydroxyl groups excluding tert-OH is 1. The van der Waals surface area contributed by atoms with Crippen LogP contribution in [0.25, 0.3) is 0 Å². The van der Waals surface area contributed by atoms with Crippen LogP contribution in [0.3, 0.4) is 0 Å². The lowest BCUT2D eigenvalue weighted by Crippen LogP contribution is -2.15. The summed E-state index contributed by atoms with van der Waals surface area (Å²) in [7, 11) is 1.40. The number of hydrogen-bond donors (Lipinski definition) is 1. The number of rotatable bonds is 7. The van der Waals surface area contributed by atoms with Crippen molar-refractivity contribution in [3.63, 3.8) is 0 Å². The second-order valence-corrected chi connectivity index (χ2v) is 5.59. The molecule has 1 aliphatic rings. The summed E-state index contributed by atoms with van der Waals surface area (Å²) in [5, 5.41) is 9.80. The van der Waals surface area contributed by atoms with Crippen molar-refractivity contribution in [3.05, 3.63) is 0 Å². The zero-order chi connectivity index (χ0) is 11.8. The van der Waals surface area contributed by atoms with Gasteiger partial charge in [0.25, 0.3) is 0 Å². The van der Waals surface area contributed by atoms with Crippen LogP contribution in [-0.2, 0) is 9.53 Å². The van der Waals surface area contributed by atoms with Crippen LogP contribution in [0, 0.1) is 5.92 Å². The van der Waals surface area contributed by atoms with Gasteiger partial charge in [0.05, 0.1) is 19.6 Å². The van der Waals surface area contributed by atoms with Crippen LogP contribution in [-0.4, -0.2) is 35.8 Å². The molecule has 0 heterocycles. The first-order valence-electron chi connectivity index (χ1n) is 6.05. The summed E-state index contributed by atoms with van der Waals surface area (Å²) in [6.07, 6.45) is 6.39. The molecule has 1 saturated carbocycles. The minimum absolute atomic E-state index is 0.169. The Morgan fingerprint density at radius 3 is 2.81 bits per heavy atom. The number of hydrogen-bond acceptors (Lipinski definition) is 4. The molecule has 4 heteroatoms. The maximum absolute atomic E-state index is 10.8. The van der Waals surface area contributed by atoms with E-state index in [9.17, 15) is 9.90 Å². The summed E-state index contributed by atoms with van der Waals surface area (Å²) in [6, 6.07) is 0. The monoisotopic (exact) mass is 246 g/mol. The van der Waals surface area contributed by atoms with Crippen molar-refractivity contribution in [2.75, 3.05) is 18.6 Å². The maximum Gasteiger partial charge on any atom is 0.306 e. The third kappa shape index (κ3) is 5.75. The second kappa shape index (κ2) is 7.96. The van der Waals surface area contributed by atoms with Gasteiger partial charge < -0.3 is 9.84 Å². The lowest BCUT2D eigenvalue weighted by molar-refractivity contribution is -0.140. The standard InChI is InChI=1S/C12H22O3S/c1-15-12(14)6-7-16-9-11(13)8-10-4-2-3-5-10/h10-11,13H,2-9H2,1H3. The van der Waals surface area contributed by atoms with Crippen LogP contribution in [0.15, 0.2) is 0 Å². The normalized spacial score (nSPS) is 18.6. The van der Waals surface area contributed by atoms with E-state index < -0.39 is 0 Å². The number of aliphatic hydroxyl groups is 1. The number of thioether (sulfide) groups is 1. The third-order valence-electron chi connectivity index (χ3n) is 3.07. The molecule has 16 heavy (non-hydrogen) atoms. The molecule has 0 aromatic heterocycles. The van der Waals surface area contributed by atoms with Crippen LogP contribution in [0.4, 0.5) is 0 Å². The Kier molecular flexibility index (Phi) is 6.88. The van der Waals surface area contributed by atoms with Gasteiger partial charge >= 0.3 is 5.97 Å². The maximum atomic E-state index is 10.8. The SMILES string of the molecule is COC(=O)CCSCC(O)CC1CCCC1. The van der Waals surface area contributed by atoms with Gasteiger partial charge in [-0.2, -0.15) is 11.8 Å². The van der Waals surface area contributed by atoms with Crippen LogP contribution in [0.2, 0.25) is 0 Å². The highest BCUT2D eigenvalue weighted by atomic mass is 32.2. The Morgan fingerprint density at radius 2 is 2.19 bits per heavy atom. The molecular weight excluding hydrogens is 224 g/mol. The highest BCUT2D eigenvalue weighted by Crippen LogP contribution is 2.29. The molecule has 1 fully saturated rings. The topological polar surface area (TPSA) is 46.5 Å². The molecule has 1 rings (SSSR count). The molecule has 0 saturated heterocycles. The van der Waals surface area contributed by atoms with E-state index in [1.807, 2.05) is 0 Å². The number of carbonyl (C=O) groups excluding carboxylic acids is 1. The first kappa shape index (κ1) is 13.8. The Labute approximate surface area is 102 Å². The largest absolute Gasteiger partial charge is 0.469 e. The van der Waals surface area contributed by atoms with E-state index in [2.05, 4.69) is 4.74 Å². The molecule has 3 nitrogen and oxygen atoms in total. The molecule has 1 atom stereocenters. The molecule has 0 bridgehead atoms.